The Labute approximate surface area is 101 Å². The topological polar surface area (TPSA) is 111 Å². The van der Waals surface area contributed by atoms with Gasteiger partial charge in [-0.25, -0.2) is 4.98 Å². The first-order valence-electron chi connectivity index (χ1n) is 5.01. The zero-order chi connectivity index (χ0) is 13.0. The van der Waals surface area contributed by atoms with Gasteiger partial charge in [0.1, 0.15) is 11.5 Å². The SMILES string of the molecule is O=c1cc(NN=Cc2ccc(O)cc2O)nc[nH]1. The van der Waals surface area contributed by atoms with E-state index in [0.717, 1.165) is 0 Å². The number of nitrogens with one attached hydrogen (secondary N) is 2. The minimum Gasteiger partial charge on any atom is -0.508 e. The summed E-state index contributed by atoms with van der Waals surface area (Å²) in [6.07, 6.45) is 2.59. The lowest BCUT2D eigenvalue weighted by Crippen LogP contribution is -2.06. The second-order valence-electron chi connectivity index (χ2n) is 3.41. The Kier molecular flexibility index (Phi) is 3.24. The third-order valence-corrected chi connectivity index (χ3v) is 2.08. The fraction of sp³-hybridized carbons (Fsp3) is 0. The van der Waals surface area contributed by atoms with Crippen molar-refractivity contribution in [2.24, 2.45) is 5.10 Å². The van der Waals surface area contributed by atoms with Crippen LogP contribution in [0.3, 0.4) is 0 Å². The number of hydrazone groups is 1. The van der Waals surface area contributed by atoms with E-state index >= 15 is 0 Å². The zero-order valence-electron chi connectivity index (χ0n) is 9.16. The molecule has 0 fully saturated rings. The van der Waals surface area contributed by atoms with Crippen LogP contribution >= 0.6 is 0 Å². The monoisotopic (exact) mass is 246 g/mol. The number of anilines is 1. The first-order chi connectivity index (χ1) is 8.65. The van der Waals surface area contributed by atoms with Gasteiger partial charge >= 0.3 is 0 Å². The van der Waals surface area contributed by atoms with E-state index in [0.29, 0.717) is 5.56 Å². The summed E-state index contributed by atoms with van der Waals surface area (Å²) in [7, 11) is 0. The maximum absolute atomic E-state index is 11.0. The van der Waals surface area contributed by atoms with Crippen molar-refractivity contribution in [1.82, 2.24) is 9.97 Å². The largest absolute Gasteiger partial charge is 0.508 e. The molecule has 0 atom stereocenters. The van der Waals surface area contributed by atoms with Crippen molar-refractivity contribution >= 4 is 12.0 Å². The van der Waals surface area contributed by atoms with Crippen LogP contribution in [0.15, 0.2) is 40.5 Å². The number of phenols is 2. The standard InChI is InChI=1S/C11H10N4O3/c16-8-2-1-7(9(17)3-8)5-14-15-10-4-11(18)13-6-12-10/h1-6,16-17H,(H2,12,13,15,18). The summed E-state index contributed by atoms with van der Waals surface area (Å²) in [5.41, 5.74) is 2.67. The Hall–Kier alpha value is -2.83. The smallest absolute Gasteiger partial charge is 0.252 e. The molecule has 92 valence electrons. The second kappa shape index (κ2) is 5.00. The van der Waals surface area contributed by atoms with Gasteiger partial charge in [-0.15, -0.1) is 0 Å². The summed E-state index contributed by atoms with van der Waals surface area (Å²) in [5.74, 6) is 0.154. The molecule has 1 aromatic carbocycles. The molecule has 4 N–H and O–H groups in total. The van der Waals surface area contributed by atoms with Gasteiger partial charge in [0.05, 0.1) is 12.5 Å². The molecule has 18 heavy (non-hydrogen) atoms. The average Bonchev–Trinajstić information content (AvgIpc) is 2.32. The van der Waals surface area contributed by atoms with E-state index in [1.165, 1.54) is 36.8 Å². The fourth-order valence-corrected chi connectivity index (χ4v) is 1.24. The highest BCUT2D eigenvalue weighted by atomic mass is 16.3. The molecule has 2 aromatic rings. The summed E-state index contributed by atoms with van der Waals surface area (Å²) in [5, 5.41) is 22.4. The second-order valence-corrected chi connectivity index (χ2v) is 3.41. The van der Waals surface area contributed by atoms with Crippen molar-refractivity contribution in [3.63, 3.8) is 0 Å². The predicted octanol–water partition coefficient (Wildman–Crippen LogP) is 0.627. The van der Waals surface area contributed by atoms with Crippen molar-refractivity contribution in [1.29, 1.82) is 0 Å². The zero-order valence-corrected chi connectivity index (χ0v) is 9.16. The van der Waals surface area contributed by atoms with Gasteiger partial charge in [0.2, 0.25) is 0 Å². The molecule has 0 aliphatic carbocycles. The highest BCUT2D eigenvalue weighted by molar-refractivity contribution is 5.84. The molecule has 1 aromatic heterocycles. The van der Waals surface area contributed by atoms with Crippen molar-refractivity contribution < 1.29 is 10.2 Å². The summed E-state index contributed by atoms with van der Waals surface area (Å²) >= 11 is 0. The van der Waals surface area contributed by atoms with E-state index in [9.17, 15) is 9.90 Å². The lowest BCUT2D eigenvalue weighted by atomic mass is 10.2. The number of aromatic hydroxyl groups is 2. The van der Waals surface area contributed by atoms with Gasteiger partial charge in [0.15, 0.2) is 5.82 Å². The van der Waals surface area contributed by atoms with Crippen LogP contribution in [0, 0.1) is 0 Å². The summed E-state index contributed by atoms with van der Waals surface area (Å²) in [4.78, 5) is 17.2. The molecular weight excluding hydrogens is 236 g/mol. The molecule has 0 aliphatic rings. The number of aromatic nitrogens is 2. The number of phenolic OH excluding ortho intramolecular Hbond substituents is 2. The minimum absolute atomic E-state index is 0.0335. The van der Waals surface area contributed by atoms with Crippen molar-refractivity contribution in [3.8, 4) is 11.5 Å². The van der Waals surface area contributed by atoms with E-state index < -0.39 is 0 Å². The number of hydrogen-bond donors (Lipinski definition) is 4. The van der Waals surface area contributed by atoms with Crippen LogP contribution in [0.1, 0.15) is 5.56 Å². The highest BCUT2D eigenvalue weighted by Gasteiger charge is 1.99. The first kappa shape index (κ1) is 11.6. The number of nitrogens with zero attached hydrogens (tertiary/aromatic N) is 2. The van der Waals surface area contributed by atoms with Crippen LogP contribution in [0.5, 0.6) is 11.5 Å². The lowest BCUT2D eigenvalue weighted by Gasteiger charge is -2.00. The van der Waals surface area contributed by atoms with Gasteiger partial charge in [0.25, 0.3) is 5.56 Å². The van der Waals surface area contributed by atoms with Crippen LogP contribution in [-0.2, 0) is 0 Å². The van der Waals surface area contributed by atoms with E-state index in [2.05, 4.69) is 20.5 Å². The fourth-order valence-electron chi connectivity index (χ4n) is 1.24. The average molecular weight is 246 g/mol. The predicted molar refractivity (Wildman–Crippen MR) is 65.8 cm³/mol. The molecule has 0 amide bonds. The van der Waals surface area contributed by atoms with Gasteiger partial charge < -0.3 is 15.2 Å². The molecule has 0 aliphatic heterocycles. The number of benzene rings is 1. The van der Waals surface area contributed by atoms with Crippen LogP contribution in [0.4, 0.5) is 5.82 Å². The Morgan fingerprint density at radius 1 is 1.33 bits per heavy atom. The molecule has 0 spiro atoms. The van der Waals surface area contributed by atoms with Crippen molar-refractivity contribution in [3.05, 3.63) is 46.5 Å². The van der Waals surface area contributed by atoms with Crippen LogP contribution < -0.4 is 11.0 Å². The molecule has 0 saturated heterocycles. The van der Waals surface area contributed by atoms with Crippen molar-refractivity contribution in [2.75, 3.05) is 5.43 Å². The molecule has 0 unspecified atom stereocenters. The molecule has 0 radical (unpaired) electrons. The van der Waals surface area contributed by atoms with E-state index in [4.69, 9.17) is 5.11 Å². The molecule has 7 nitrogen and oxygen atoms in total. The minimum atomic E-state index is -0.296. The third-order valence-electron chi connectivity index (χ3n) is 2.08. The Bertz CT molecular complexity index is 636. The Morgan fingerprint density at radius 2 is 2.17 bits per heavy atom. The van der Waals surface area contributed by atoms with Crippen LogP contribution in [0.25, 0.3) is 0 Å². The molecule has 7 heteroatoms. The number of hydrogen-bond acceptors (Lipinski definition) is 6. The molecule has 2 rings (SSSR count). The van der Waals surface area contributed by atoms with Gasteiger partial charge in [-0.3, -0.25) is 10.2 Å². The summed E-state index contributed by atoms with van der Waals surface area (Å²) < 4.78 is 0. The third kappa shape index (κ3) is 2.85. The number of aromatic amines is 1. The Morgan fingerprint density at radius 3 is 2.89 bits per heavy atom. The van der Waals surface area contributed by atoms with Gasteiger partial charge in [-0.05, 0) is 12.1 Å². The molecular formula is C11H10N4O3. The summed E-state index contributed by atoms with van der Waals surface area (Å²) in [6.45, 7) is 0. The Balaban J connectivity index is 2.10. The van der Waals surface area contributed by atoms with Gasteiger partial charge in [0, 0.05) is 17.7 Å². The van der Waals surface area contributed by atoms with Crippen LogP contribution in [-0.4, -0.2) is 26.4 Å². The van der Waals surface area contributed by atoms with Crippen LogP contribution in [0.2, 0.25) is 0 Å². The number of rotatable bonds is 3. The lowest BCUT2D eigenvalue weighted by molar-refractivity contribution is 0.450. The first-order valence-corrected chi connectivity index (χ1v) is 5.01. The van der Waals surface area contributed by atoms with Gasteiger partial charge in [-0.1, -0.05) is 0 Å². The quantitative estimate of drug-likeness (QED) is 0.469. The molecule has 0 saturated carbocycles. The maximum atomic E-state index is 11.0. The van der Waals surface area contributed by atoms with Crippen molar-refractivity contribution in [2.45, 2.75) is 0 Å². The van der Waals surface area contributed by atoms with Gasteiger partial charge in [-0.2, -0.15) is 5.10 Å². The maximum Gasteiger partial charge on any atom is 0.252 e. The van der Waals surface area contributed by atoms with E-state index in [1.807, 2.05) is 0 Å². The highest BCUT2D eigenvalue weighted by Crippen LogP contribution is 2.20. The van der Waals surface area contributed by atoms with E-state index in [1.54, 1.807) is 0 Å². The molecule has 1 heterocycles. The molecule has 0 bridgehead atoms. The van der Waals surface area contributed by atoms with E-state index in [-0.39, 0.29) is 22.9 Å². The number of H-pyrrole nitrogens is 1. The summed E-state index contributed by atoms with van der Waals surface area (Å²) in [6, 6.07) is 5.37. The normalized spacial score (nSPS) is 10.7.